The van der Waals surface area contributed by atoms with Crippen molar-refractivity contribution in [3.63, 3.8) is 0 Å². The van der Waals surface area contributed by atoms with Crippen LogP contribution in [-0.4, -0.2) is 43.7 Å². The number of nitrogens with zero attached hydrogens (tertiary/aromatic N) is 1. The van der Waals surface area contributed by atoms with E-state index in [9.17, 15) is 0 Å². The van der Waals surface area contributed by atoms with E-state index in [4.69, 9.17) is 4.74 Å². The minimum Gasteiger partial charge on any atom is -0.492 e. The molecule has 0 spiro atoms. The Hall–Kier alpha value is -1.06. The second-order valence-electron chi connectivity index (χ2n) is 6.12. The zero-order valence-corrected chi connectivity index (χ0v) is 13.1. The maximum atomic E-state index is 5.86. The Morgan fingerprint density at radius 2 is 2.25 bits per heavy atom. The van der Waals surface area contributed by atoms with Crippen LogP contribution >= 0.6 is 0 Å². The van der Waals surface area contributed by atoms with Gasteiger partial charge < -0.3 is 10.1 Å². The van der Waals surface area contributed by atoms with E-state index in [0.29, 0.717) is 12.0 Å². The highest BCUT2D eigenvalue weighted by atomic mass is 16.5. The number of ether oxygens (including phenoxy) is 1. The lowest BCUT2D eigenvalue weighted by atomic mass is 10.0. The molecule has 3 nitrogen and oxygen atoms in total. The Labute approximate surface area is 123 Å². The van der Waals surface area contributed by atoms with Gasteiger partial charge in [0.15, 0.2) is 0 Å². The molecule has 1 aliphatic heterocycles. The Kier molecular flexibility index (Phi) is 5.86. The molecular formula is C17H28N2O. The monoisotopic (exact) mass is 276 g/mol. The van der Waals surface area contributed by atoms with Gasteiger partial charge in [-0.05, 0) is 50.0 Å². The third-order valence-corrected chi connectivity index (χ3v) is 3.98. The Morgan fingerprint density at radius 3 is 3.00 bits per heavy atom. The van der Waals surface area contributed by atoms with Crippen LogP contribution in [0.3, 0.4) is 0 Å². The molecule has 0 saturated carbocycles. The van der Waals surface area contributed by atoms with Crippen molar-refractivity contribution in [3.05, 3.63) is 29.8 Å². The number of aryl methyl sites for hydroxylation is 1. The summed E-state index contributed by atoms with van der Waals surface area (Å²) in [5.74, 6) is 1.67. The zero-order valence-electron chi connectivity index (χ0n) is 13.1. The van der Waals surface area contributed by atoms with Crippen LogP contribution in [0.4, 0.5) is 0 Å². The summed E-state index contributed by atoms with van der Waals surface area (Å²) < 4.78 is 5.86. The highest BCUT2D eigenvalue weighted by molar-refractivity contribution is 5.27. The summed E-state index contributed by atoms with van der Waals surface area (Å²) >= 11 is 0. The van der Waals surface area contributed by atoms with Crippen molar-refractivity contribution in [1.82, 2.24) is 10.2 Å². The molecule has 0 amide bonds. The molecule has 0 radical (unpaired) electrons. The van der Waals surface area contributed by atoms with Gasteiger partial charge in [0.1, 0.15) is 12.4 Å². The lowest BCUT2D eigenvalue weighted by Crippen LogP contribution is -2.42. The minimum atomic E-state index is 0.608. The topological polar surface area (TPSA) is 24.5 Å². The molecule has 1 aromatic carbocycles. The number of hydrogen-bond acceptors (Lipinski definition) is 3. The van der Waals surface area contributed by atoms with Crippen LogP contribution in [0.1, 0.15) is 25.8 Å². The number of rotatable bonds is 5. The molecule has 0 aromatic heterocycles. The Bertz CT molecular complexity index is 406. The molecule has 112 valence electrons. The van der Waals surface area contributed by atoms with E-state index in [1.165, 1.54) is 18.5 Å². The van der Waals surface area contributed by atoms with Gasteiger partial charge in [0.25, 0.3) is 0 Å². The molecule has 3 heteroatoms. The first kappa shape index (κ1) is 15.3. The summed E-state index contributed by atoms with van der Waals surface area (Å²) in [5.41, 5.74) is 1.25. The molecule has 1 fully saturated rings. The van der Waals surface area contributed by atoms with Crippen LogP contribution in [0.15, 0.2) is 24.3 Å². The second kappa shape index (κ2) is 7.65. The van der Waals surface area contributed by atoms with Crippen molar-refractivity contribution in [2.45, 2.75) is 33.2 Å². The average Bonchev–Trinajstić information content (AvgIpc) is 2.64. The van der Waals surface area contributed by atoms with Gasteiger partial charge in [0.2, 0.25) is 0 Å². The van der Waals surface area contributed by atoms with E-state index in [0.717, 1.165) is 32.0 Å². The average molecular weight is 276 g/mol. The lowest BCUT2D eigenvalue weighted by molar-refractivity contribution is 0.196. The van der Waals surface area contributed by atoms with E-state index in [1.807, 2.05) is 6.07 Å². The molecule has 1 aromatic rings. The normalized spacial score (nSPS) is 20.9. The van der Waals surface area contributed by atoms with E-state index in [2.05, 4.69) is 49.2 Å². The Balaban J connectivity index is 1.77. The van der Waals surface area contributed by atoms with Gasteiger partial charge in [-0.2, -0.15) is 0 Å². The maximum Gasteiger partial charge on any atom is 0.119 e. The summed E-state index contributed by atoms with van der Waals surface area (Å²) in [6, 6.07) is 8.89. The number of hydrogen-bond donors (Lipinski definition) is 1. The summed E-state index contributed by atoms with van der Waals surface area (Å²) in [5, 5.41) is 3.64. The van der Waals surface area contributed by atoms with Crippen molar-refractivity contribution < 1.29 is 4.74 Å². The highest BCUT2D eigenvalue weighted by Gasteiger charge is 2.19. The fourth-order valence-electron chi connectivity index (χ4n) is 2.67. The van der Waals surface area contributed by atoms with Gasteiger partial charge in [-0.15, -0.1) is 0 Å². The van der Waals surface area contributed by atoms with Crippen LogP contribution in [0.2, 0.25) is 0 Å². The van der Waals surface area contributed by atoms with Crippen LogP contribution in [0.25, 0.3) is 0 Å². The first-order valence-corrected chi connectivity index (χ1v) is 7.80. The van der Waals surface area contributed by atoms with Gasteiger partial charge in [-0.25, -0.2) is 0 Å². The van der Waals surface area contributed by atoms with Gasteiger partial charge in [-0.3, -0.25) is 4.90 Å². The third-order valence-electron chi connectivity index (χ3n) is 3.98. The van der Waals surface area contributed by atoms with E-state index in [-0.39, 0.29) is 0 Å². The van der Waals surface area contributed by atoms with Crippen molar-refractivity contribution in [2.75, 3.05) is 32.8 Å². The van der Waals surface area contributed by atoms with Crippen molar-refractivity contribution >= 4 is 0 Å². The first-order valence-electron chi connectivity index (χ1n) is 7.80. The Morgan fingerprint density at radius 1 is 1.40 bits per heavy atom. The molecular weight excluding hydrogens is 248 g/mol. The number of nitrogens with one attached hydrogen (secondary N) is 1. The fourth-order valence-corrected chi connectivity index (χ4v) is 2.67. The third kappa shape index (κ3) is 4.80. The summed E-state index contributed by atoms with van der Waals surface area (Å²) in [6.45, 7) is 11.9. The smallest absolute Gasteiger partial charge is 0.119 e. The van der Waals surface area contributed by atoms with Crippen molar-refractivity contribution in [2.24, 2.45) is 5.92 Å². The van der Waals surface area contributed by atoms with Crippen molar-refractivity contribution in [3.8, 4) is 5.75 Å². The van der Waals surface area contributed by atoms with Crippen LogP contribution in [-0.2, 0) is 0 Å². The maximum absolute atomic E-state index is 5.86. The van der Waals surface area contributed by atoms with Gasteiger partial charge in [0, 0.05) is 19.1 Å². The van der Waals surface area contributed by atoms with E-state index >= 15 is 0 Å². The molecule has 2 rings (SSSR count). The van der Waals surface area contributed by atoms with Gasteiger partial charge >= 0.3 is 0 Å². The van der Waals surface area contributed by atoms with Crippen LogP contribution in [0.5, 0.6) is 5.75 Å². The minimum absolute atomic E-state index is 0.608. The molecule has 1 N–H and O–H groups in total. The van der Waals surface area contributed by atoms with Crippen molar-refractivity contribution in [1.29, 1.82) is 0 Å². The van der Waals surface area contributed by atoms with Crippen LogP contribution in [0, 0.1) is 12.8 Å². The molecule has 0 bridgehead atoms. The standard InChI is InChI=1S/C17H28N2O/c1-14(2)17-13-19(9-5-8-18-17)10-11-20-16-7-4-6-15(3)12-16/h4,6-7,12,14,17-18H,5,8-11,13H2,1-3H3. The summed E-state index contributed by atoms with van der Waals surface area (Å²) in [6.07, 6.45) is 1.23. The SMILES string of the molecule is Cc1cccc(OCCN2CCCNC(C(C)C)C2)c1. The lowest BCUT2D eigenvalue weighted by Gasteiger charge is -2.26. The summed E-state index contributed by atoms with van der Waals surface area (Å²) in [7, 11) is 0. The quantitative estimate of drug-likeness (QED) is 0.895. The zero-order chi connectivity index (χ0) is 14.4. The second-order valence-corrected chi connectivity index (χ2v) is 6.12. The molecule has 1 atom stereocenters. The molecule has 20 heavy (non-hydrogen) atoms. The first-order chi connectivity index (χ1) is 9.65. The van der Waals surface area contributed by atoms with Crippen LogP contribution < -0.4 is 10.1 Å². The highest BCUT2D eigenvalue weighted by Crippen LogP contribution is 2.13. The number of benzene rings is 1. The molecule has 1 unspecified atom stereocenters. The largest absolute Gasteiger partial charge is 0.492 e. The molecule has 0 aliphatic carbocycles. The van der Waals surface area contributed by atoms with E-state index < -0.39 is 0 Å². The molecule has 1 aliphatic rings. The van der Waals surface area contributed by atoms with Gasteiger partial charge in [0.05, 0.1) is 0 Å². The van der Waals surface area contributed by atoms with E-state index in [1.54, 1.807) is 0 Å². The molecule has 1 saturated heterocycles. The fraction of sp³-hybridized carbons (Fsp3) is 0.647. The molecule has 1 heterocycles. The van der Waals surface area contributed by atoms with Gasteiger partial charge in [-0.1, -0.05) is 26.0 Å². The predicted octanol–water partition coefficient (Wildman–Crippen LogP) is 2.69. The predicted molar refractivity (Wildman–Crippen MR) is 84.4 cm³/mol. The summed E-state index contributed by atoms with van der Waals surface area (Å²) in [4.78, 5) is 2.53.